The van der Waals surface area contributed by atoms with Gasteiger partial charge < -0.3 is 20.6 Å². The average molecular weight is 523 g/mol. The van der Waals surface area contributed by atoms with Crippen molar-refractivity contribution >= 4 is 40.1 Å². The van der Waals surface area contributed by atoms with Gasteiger partial charge >= 0.3 is 18.2 Å². The molecule has 2 aromatic heterocycles. The molecule has 0 atom stereocenters. The van der Waals surface area contributed by atoms with Crippen molar-refractivity contribution in [3.63, 3.8) is 0 Å². The smallest absolute Gasteiger partial charge is 0.475 e. The fourth-order valence-corrected chi connectivity index (χ4v) is 4.43. The molecule has 3 N–H and O–H groups in total. The van der Waals surface area contributed by atoms with Gasteiger partial charge in [-0.25, -0.2) is 19.0 Å². The number of carboxylic acids is 1. The summed E-state index contributed by atoms with van der Waals surface area (Å²) in [4.78, 5) is 30.5. The number of carbonyl (C=O) groups excluding carboxylic acids is 1. The van der Waals surface area contributed by atoms with Gasteiger partial charge in [0.25, 0.3) is 0 Å². The Balaban J connectivity index is 0.000000405. The molecule has 2 aliphatic rings. The van der Waals surface area contributed by atoms with E-state index in [-0.39, 0.29) is 6.03 Å². The molecule has 0 bridgehead atoms. The molecule has 0 radical (unpaired) electrons. The lowest BCUT2D eigenvalue weighted by Crippen LogP contribution is -2.44. The van der Waals surface area contributed by atoms with E-state index in [1.165, 1.54) is 11.8 Å². The Morgan fingerprint density at radius 2 is 1.84 bits per heavy atom. The number of piperazine rings is 1. The highest BCUT2D eigenvalue weighted by molar-refractivity contribution is 6.04. The average Bonchev–Trinajstić information content (AvgIpc) is 3.42. The van der Waals surface area contributed by atoms with Crippen molar-refractivity contribution < 1.29 is 32.3 Å². The third kappa shape index (κ3) is 5.58. The molecule has 37 heavy (non-hydrogen) atoms. The predicted octanol–water partition coefficient (Wildman–Crippen LogP) is 3.05. The van der Waals surface area contributed by atoms with Gasteiger partial charge in [0.1, 0.15) is 11.3 Å². The van der Waals surface area contributed by atoms with Gasteiger partial charge in [-0.1, -0.05) is 0 Å². The van der Waals surface area contributed by atoms with Crippen LogP contribution in [0.1, 0.15) is 11.1 Å². The van der Waals surface area contributed by atoms with E-state index in [4.69, 9.17) is 9.90 Å². The highest BCUT2D eigenvalue weighted by Crippen LogP contribution is 2.36. The van der Waals surface area contributed by atoms with Crippen molar-refractivity contribution in [1.82, 2.24) is 20.1 Å². The van der Waals surface area contributed by atoms with Crippen LogP contribution in [0, 0.1) is 12.7 Å². The molecule has 0 aliphatic carbocycles. The zero-order valence-electron chi connectivity index (χ0n) is 20.1. The first kappa shape index (κ1) is 26.1. The summed E-state index contributed by atoms with van der Waals surface area (Å²) in [7, 11) is 1.74. The SMILES string of the molecule is Cc1cnc2c(c1N1CCNCC1)CCN2C(=O)Nc1cc(F)c2nn(C)cc2c1.O=C(O)C(F)(F)F. The van der Waals surface area contributed by atoms with Gasteiger partial charge in [-0.15, -0.1) is 0 Å². The molecule has 2 amide bonds. The molecule has 0 spiro atoms. The van der Waals surface area contributed by atoms with Crippen molar-refractivity contribution in [2.24, 2.45) is 7.05 Å². The molecule has 1 saturated heterocycles. The maximum absolute atomic E-state index is 14.4. The Hall–Kier alpha value is -3.94. The molecule has 4 heterocycles. The second-order valence-corrected chi connectivity index (χ2v) is 8.66. The topological polar surface area (TPSA) is 116 Å². The Bertz CT molecular complexity index is 1340. The van der Waals surface area contributed by atoms with Crippen LogP contribution in [-0.2, 0) is 18.3 Å². The van der Waals surface area contributed by atoms with Crippen LogP contribution in [0.4, 0.5) is 39.5 Å². The van der Waals surface area contributed by atoms with Gasteiger partial charge in [0, 0.05) is 74.5 Å². The predicted molar refractivity (Wildman–Crippen MR) is 128 cm³/mol. The van der Waals surface area contributed by atoms with Gasteiger partial charge in [-0.3, -0.25) is 9.58 Å². The maximum Gasteiger partial charge on any atom is 0.490 e. The fraction of sp³-hybridized carbons (Fsp3) is 0.391. The lowest BCUT2D eigenvalue weighted by atomic mass is 10.1. The zero-order valence-corrected chi connectivity index (χ0v) is 20.1. The summed E-state index contributed by atoms with van der Waals surface area (Å²) in [5.74, 6) is -2.53. The van der Waals surface area contributed by atoms with E-state index in [9.17, 15) is 22.4 Å². The number of carbonyl (C=O) groups is 2. The molecule has 0 saturated carbocycles. The van der Waals surface area contributed by atoms with Crippen LogP contribution in [0.25, 0.3) is 10.9 Å². The molecular weight excluding hydrogens is 498 g/mol. The third-order valence-electron chi connectivity index (χ3n) is 6.00. The standard InChI is InChI=1S/C21H24FN7O.C2HF3O2/c1-13-11-24-20-16(19(13)28-7-4-23-5-8-28)3-6-29(20)21(30)25-15-9-14-12-27(2)26-18(14)17(22)10-15;3-2(4,5)1(6)7/h9-12,23H,3-8H2,1-2H3,(H,25,30);(H,6,7). The molecule has 0 unspecified atom stereocenters. The van der Waals surface area contributed by atoms with Crippen molar-refractivity contribution in [3.8, 4) is 0 Å². The number of hydrogen-bond donors (Lipinski definition) is 3. The van der Waals surface area contributed by atoms with E-state index < -0.39 is 18.0 Å². The maximum atomic E-state index is 14.4. The van der Waals surface area contributed by atoms with Crippen molar-refractivity contribution in [3.05, 3.63) is 41.5 Å². The highest BCUT2D eigenvalue weighted by Gasteiger charge is 2.38. The molecule has 5 rings (SSSR count). The normalized spacial score (nSPS) is 15.3. The Morgan fingerprint density at radius 1 is 1.16 bits per heavy atom. The fourth-order valence-electron chi connectivity index (χ4n) is 4.43. The molecule has 10 nitrogen and oxygen atoms in total. The minimum Gasteiger partial charge on any atom is -0.475 e. The minimum absolute atomic E-state index is 0.292. The first-order chi connectivity index (χ1) is 17.5. The number of hydrogen-bond acceptors (Lipinski definition) is 6. The molecular formula is C23H25F4N7O3. The van der Waals surface area contributed by atoms with Crippen LogP contribution in [0.5, 0.6) is 0 Å². The molecule has 198 valence electrons. The number of nitrogens with zero attached hydrogens (tertiary/aromatic N) is 5. The zero-order chi connectivity index (χ0) is 26.9. The van der Waals surface area contributed by atoms with Crippen LogP contribution in [0.15, 0.2) is 24.5 Å². The van der Waals surface area contributed by atoms with Gasteiger partial charge in [-0.05, 0) is 31.0 Å². The Kier molecular flexibility index (Phi) is 7.21. The van der Waals surface area contributed by atoms with Gasteiger partial charge in [0.2, 0.25) is 0 Å². The van der Waals surface area contributed by atoms with Crippen LogP contribution >= 0.6 is 0 Å². The number of aromatic nitrogens is 3. The number of nitrogens with one attached hydrogen (secondary N) is 2. The quantitative estimate of drug-likeness (QED) is 0.443. The summed E-state index contributed by atoms with van der Waals surface area (Å²) in [6, 6.07) is 2.73. The highest BCUT2D eigenvalue weighted by atomic mass is 19.4. The van der Waals surface area contributed by atoms with E-state index >= 15 is 0 Å². The number of amides is 2. The van der Waals surface area contributed by atoms with E-state index in [0.29, 0.717) is 29.0 Å². The van der Waals surface area contributed by atoms with E-state index in [2.05, 4.69) is 32.5 Å². The number of aliphatic carboxylic acids is 1. The lowest BCUT2D eigenvalue weighted by Gasteiger charge is -2.32. The van der Waals surface area contributed by atoms with Gasteiger partial charge in [-0.2, -0.15) is 18.3 Å². The van der Waals surface area contributed by atoms with Crippen molar-refractivity contribution in [2.45, 2.75) is 19.5 Å². The summed E-state index contributed by atoms with van der Waals surface area (Å²) in [5.41, 5.74) is 4.13. The van der Waals surface area contributed by atoms with E-state index in [1.54, 1.807) is 28.9 Å². The molecule has 1 fully saturated rings. The number of benzene rings is 1. The second-order valence-electron chi connectivity index (χ2n) is 8.66. The van der Waals surface area contributed by atoms with Crippen LogP contribution < -0.4 is 20.4 Å². The number of pyridine rings is 1. The largest absolute Gasteiger partial charge is 0.490 e. The Morgan fingerprint density at radius 3 is 2.49 bits per heavy atom. The number of halogens is 4. The van der Waals surface area contributed by atoms with Crippen molar-refractivity contribution in [1.29, 1.82) is 0 Å². The Labute approximate surface area is 208 Å². The van der Waals surface area contributed by atoms with Crippen LogP contribution in [0.3, 0.4) is 0 Å². The number of aryl methyl sites for hydroxylation is 2. The van der Waals surface area contributed by atoms with Gasteiger partial charge in [0.15, 0.2) is 5.82 Å². The molecule has 14 heteroatoms. The molecule has 2 aliphatic heterocycles. The summed E-state index contributed by atoms with van der Waals surface area (Å²) >= 11 is 0. The van der Waals surface area contributed by atoms with E-state index in [1.807, 2.05) is 6.20 Å². The monoisotopic (exact) mass is 523 g/mol. The number of carboxylic acid groups (broad SMARTS) is 1. The van der Waals surface area contributed by atoms with Crippen LogP contribution in [-0.4, -0.2) is 70.8 Å². The third-order valence-corrected chi connectivity index (χ3v) is 6.00. The summed E-state index contributed by atoms with van der Waals surface area (Å²) in [6.45, 7) is 6.39. The molecule has 1 aromatic carbocycles. The van der Waals surface area contributed by atoms with E-state index in [0.717, 1.165) is 43.7 Å². The number of anilines is 3. The number of fused-ring (bicyclic) bond motifs is 2. The number of rotatable bonds is 2. The minimum atomic E-state index is -5.08. The first-order valence-electron chi connectivity index (χ1n) is 11.4. The summed E-state index contributed by atoms with van der Waals surface area (Å²) in [5, 5.41) is 18.1. The summed E-state index contributed by atoms with van der Waals surface area (Å²) in [6.07, 6.45) is -0.765. The lowest BCUT2D eigenvalue weighted by molar-refractivity contribution is -0.192. The molecule has 3 aromatic rings. The van der Waals surface area contributed by atoms with Crippen molar-refractivity contribution in [2.75, 3.05) is 47.8 Å². The van der Waals surface area contributed by atoms with Gasteiger partial charge in [0.05, 0.1) is 0 Å². The summed E-state index contributed by atoms with van der Waals surface area (Å²) < 4.78 is 47.7. The number of alkyl halides is 3. The van der Waals surface area contributed by atoms with Crippen LogP contribution in [0.2, 0.25) is 0 Å². The second kappa shape index (κ2) is 10.2. The number of urea groups is 1. The first-order valence-corrected chi connectivity index (χ1v) is 11.4.